The van der Waals surface area contributed by atoms with Crippen LogP contribution in [0.4, 0.5) is 9.18 Å². The lowest BCUT2D eigenvalue weighted by atomic mass is 9.76. The summed E-state index contributed by atoms with van der Waals surface area (Å²) in [6.45, 7) is 17.8. The first-order valence-electron chi connectivity index (χ1n) is 14.8. The molecule has 1 fully saturated rings. The van der Waals surface area contributed by atoms with Crippen LogP contribution in [0, 0.1) is 5.82 Å². The fourth-order valence-corrected chi connectivity index (χ4v) is 5.24. The number of ether oxygens (including phenoxy) is 1. The van der Waals surface area contributed by atoms with Gasteiger partial charge in [0.05, 0.1) is 6.54 Å². The van der Waals surface area contributed by atoms with Crippen molar-refractivity contribution >= 4 is 12.0 Å². The van der Waals surface area contributed by atoms with Gasteiger partial charge in [0.2, 0.25) is 5.91 Å². The number of likely N-dealkylation sites (tertiary alicyclic amines) is 1. The van der Waals surface area contributed by atoms with E-state index in [4.69, 9.17) is 4.74 Å². The first kappa shape index (κ1) is 34.7. The minimum Gasteiger partial charge on any atom is -0.444 e. The zero-order chi connectivity index (χ0) is 31.1. The second kappa shape index (κ2) is 17.4. The number of rotatable bonds is 6. The monoisotopic (exact) mass is 580 g/mol. The summed E-state index contributed by atoms with van der Waals surface area (Å²) in [5.74, 6) is -0.160. The Kier molecular flexibility index (Phi) is 14.4. The molecule has 2 atom stereocenters. The number of nitrogens with one attached hydrogen (secondary N) is 2. The van der Waals surface area contributed by atoms with Crippen LogP contribution in [0.3, 0.4) is 0 Å². The van der Waals surface area contributed by atoms with E-state index in [0.29, 0.717) is 6.54 Å². The molecular weight excluding hydrogens is 531 g/mol. The quantitative estimate of drug-likeness (QED) is 0.389. The highest BCUT2D eigenvalue weighted by molar-refractivity contribution is 5.78. The smallest absolute Gasteiger partial charge is 0.407 e. The molecule has 1 aromatic heterocycles. The van der Waals surface area contributed by atoms with Gasteiger partial charge in [-0.15, -0.1) is 13.2 Å². The largest absolute Gasteiger partial charge is 0.444 e. The summed E-state index contributed by atoms with van der Waals surface area (Å²) in [6, 6.07) is 8.98. The van der Waals surface area contributed by atoms with E-state index >= 15 is 0 Å². The number of hydrogen-bond donors (Lipinski definition) is 2. The number of aromatic nitrogens is 1. The highest BCUT2D eigenvalue weighted by atomic mass is 19.1. The summed E-state index contributed by atoms with van der Waals surface area (Å²) in [6.07, 6.45) is 10.5. The molecule has 1 aromatic carbocycles. The minimum atomic E-state index is -0.522. The lowest BCUT2D eigenvalue weighted by molar-refractivity contribution is -0.123. The Hall–Kier alpha value is -3.52. The number of amides is 2. The first-order valence-corrected chi connectivity index (χ1v) is 14.8. The third-order valence-corrected chi connectivity index (χ3v) is 6.92. The zero-order valence-electron chi connectivity index (χ0n) is 26.0. The van der Waals surface area contributed by atoms with Crippen LogP contribution in [0.2, 0.25) is 0 Å². The molecule has 230 valence electrons. The molecule has 2 unspecified atom stereocenters. The highest BCUT2D eigenvalue weighted by Crippen LogP contribution is 2.35. The van der Waals surface area contributed by atoms with Gasteiger partial charge in [-0.25, -0.2) is 9.18 Å². The van der Waals surface area contributed by atoms with Crippen LogP contribution in [0.25, 0.3) is 0 Å². The molecule has 8 heteroatoms. The van der Waals surface area contributed by atoms with Crippen LogP contribution in [-0.4, -0.2) is 59.2 Å². The summed E-state index contributed by atoms with van der Waals surface area (Å²) in [5, 5.41) is 6.21. The molecule has 4 rings (SSSR count). The number of alkyl carbamates (subject to hydrolysis) is 1. The number of piperidine rings is 1. The van der Waals surface area contributed by atoms with Crippen LogP contribution in [0.15, 0.2) is 68.0 Å². The summed E-state index contributed by atoms with van der Waals surface area (Å²) in [7, 11) is 0. The Labute approximate surface area is 251 Å². The molecule has 42 heavy (non-hydrogen) atoms. The van der Waals surface area contributed by atoms with Crippen molar-refractivity contribution in [2.75, 3.05) is 19.6 Å². The molecule has 0 spiro atoms. The maximum Gasteiger partial charge on any atom is 0.407 e. The van der Waals surface area contributed by atoms with Crippen molar-refractivity contribution in [2.24, 2.45) is 0 Å². The number of hydrogen-bond acceptors (Lipinski definition) is 5. The number of halogens is 1. The van der Waals surface area contributed by atoms with E-state index in [1.807, 2.05) is 59.0 Å². The Morgan fingerprint density at radius 3 is 2.36 bits per heavy atom. The van der Waals surface area contributed by atoms with Gasteiger partial charge < -0.3 is 15.4 Å². The fraction of sp³-hybridized carbons (Fsp3) is 0.500. The van der Waals surface area contributed by atoms with Crippen molar-refractivity contribution in [3.05, 3.63) is 90.5 Å². The SMILES string of the molecule is C=CC.C=CC.CC(C)(C)OC(=O)NC1CCN(CC(=O)NC2CCc3cc(F)ccc3C2Cc2cccnc2)CC1. The third-order valence-electron chi connectivity index (χ3n) is 6.92. The molecule has 7 nitrogen and oxygen atoms in total. The van der Waals surface area contributed by atoms with Crippen LogP contribution < -0.4 is 10.6 Å². The van der Waals surface area contributed by atoms with Gasteiger partial charge in [0.1, 0.15) is 11.4 Å². The van der Waals surface area contributed by atoms with Crippen LogP contribution in [-0.2, 0) is 22.4 Å². The van der Waals surface area contributed by atoms with Crippen LogP contribution >= 0.6 is 0 Å². The molecule has 1 aliphatic heterocycles. The minimum absolute atomic E-state index is 0.000278. The summed E-state index contributed by atoms with van der Waals surface area (Å²) < 4.78 is 19.2. The maximum atomic E-state index is 13.9. The summed E-state index contributed by atoms with van der Waals surface area (Å²) in [4.78, 5) is 31.5. The van der Waals surface area contributed by atoms with Crippen molar-refractivity contribution < 1.29 is 18.7 Å². The van der Waals surface area contributed by atoms with E-state index in [-0.39, 0.29) is 29.7 Å². The molecule has 2 N–H and O–H groups in total. The second-order valence-electron chi connectivity index (χ2n) is 11.7. The molecule has 1 saturated heterocycles. The predicted molar refractivity (Wildman–Crippen MR) is 168 cm³/mol. The van der Waals surface area contributed by atoms with Gasteiger partial charge in [0, 0.05) is 43.5 Å². The van der Waals surface area contributed by atoms with Gasteiger partial charge in [0.25, 0.3) is 0 Å². The number of carbonyl (C=O) groups is 2. The van der Waals surface area contributed by atoms with Crippen molar-refractivity contribution in [2.45, 2.75) is 90.3 Å². The number of carbonyl (C=O) groups excluding carboxylic acids is 2. The number of benzene rings is 1. The van der Waals surface area contributed by atoms with Crippen LogP contribution in [0.1, 0.15) is 76.5 Å². The Morgan fingerprint density at radius 2 is 1.76 bits per heavy atom. The molecule has 1 aliphatic carbocycles. The molecule has 0 bridgehead atoms. The lowest BCUT2D eigenvalue weighted by Crippen LogP contribution is -2.50. The maximum absolute atomic E-state index is 13.9. The lowest BCUT2D eigenvalue weighted by Gasteiger charge is -2.36. The zero-order valence-corrected chi connectivity index (χ0v) is 26.0. The summed E-state index contributed by atoms with van der Waals surface area (Å²) in [5.41, 5.74) is 2.70. The second-order valence-corrected chi connectivity index (χ2v) is 11.7. The average molecular weight is 581 g/mol. The van der Waals surface area contributed by atoms with E-state index in [2.05, 4.69) is 33.7 Å². The van der Waals surface area contributed by atoms with Gasteiger partial charge in [-0.1, -0.05) is 24.3 Å². The molecule has 0 saturated carbocycles. The Morgan fingerprint density at radius 1 is 1.10 bits per heavy atom. The van der Waals surface area contributed by atoms with E-state index in [1.54, 1.807) is 24.4 Å². The summed E-state index contributed by atoms with van der Waals surface area (Å²) >= 11 is 0. The van der Waals surface area contributed by atoms with Gasteiger partial charge in [-0.3, -0.25) is 14.7 Å². The topological polar surface area (TPSA) is 83.6 Å². The van der Waals surface area contributed by atoms with Gasteiger partial charge >= 0.3 is 6.09 Å². The van der Waals surface area contributed by atoms with Crippen molar-refractivity contribution in [3.8, 4) is 0 Å². The Balaban J connectivity index is 0.000000946. The molecule has 2 aliphatic rings. The van der Waals surface area contributed by atoms with Crippen LogP contribution in [0.5, 0.6) is 0 Å². The molecule has 0 radical (unpaired) electrons. The molecule has 2 aromatic rings. The van der Waals surface area contributed by atoms with Gasteiger partial charge in [-0.2, -0.15) is 0 Å². The van der Waals surface area contributed by atoms with Crippen molar-refractivity contribution in [1.82, 2.24) is 20.5 Å². The van der Waals surface area contributed by atoms with Crippen molar-refractivity contribution in [3.63, 3.8) is 0 Å². The van der Waals surface area contributed by atoms with E-state index in [0.717, 1.165) is 61.9 Å². The normalized spacial score (nSPS) is 18.5. The van der Waals surface area contributed by atoms with E-state index in [1.165, 1.54) is 6.07 Å². The molecule has 2 heterocycles. The number of nitrogens with zero attached hydrogens (tertiary/aromatic N) is 2. The van der Waals surface area contributed by atoms with E-state index < -0.39 is 11.7 Å². The number of pyridine rings is 1. The Bertz CT molecular complexity index is 1140. The highest BCUT2D eigenvalue weighted by Gasteiger charge is 2.32. The third kappa shape index (κ3) is 12.1. The number of aryl methyl sites for hydroxylation is 1. The van der Waals surface area contributed by atoms with Crippen molar-refractivity contribution in [1.29, 1.82) is 0 Å². The number of allylic oxidation sites excluding steroid dienone is 2. The van der Waals surface area contributed by atoms with Gasteiger partial charge in [0.15, 0.2) is 0 Å². The molecular formula is C34H49FN4O3. The molecule has 2 amide bonds. The predicted octanol–water partition coefficient (Wildman–Crippen LogP) is 6.35. The van der Waals surface area contributed by atoms with E-state index in [9.17, 15) is 14.0 Å². The van der Waals surface area contributed by atoms with Gasteiger partial charge in [-0.05, 0) is 102 Å². The average Bonchev–Trinajstić information content (AvgIpc) is 2.91. The number of fused-ring (bicyclic) bond motifs is 1. The first-order chi connectivity index (χ1) is 20.0. The standard InChI is InChI=1S/C28H37FN4O3.2C3H6/c1-28(2,3)36-27(35)31-22-10-13-33(14-11-22)18-26(34)32-25-9-6-20-16-21(29)7-8-23(20)24(25)15-19-5-4-12-30-17-19;2*1-3-2/h4-5,7-8,12,16-17,22,24-25H,6,9-11,13-15,18H2,1-3H3,(H,31,35)(H,32,34);2*3H,1H2,2H3. The fourth-order valence-electron chi connectivity index (χ4n) is 5.24.